The van der Waals surface area contributed by atoms with Gasteiger partial charge >= 0.3 is 0 Å². The number of benzene rings is 1. The third-order valence-electron chi connectivity index (χ3n) is 4.74. The summed E-state index contributed by atoms with van der Waals surface area (Å²) in [5, 5.41) is 4.23. The lowest BCUT2D eigenvalue weighted by Gasteiger charge is -2.33. The molecule has 1 fully saturated rings. The molecule has 3 rings (SSSR count). The summed E-state index contributed by atoms with van der Waals surface area (Å²) in [6.45, 7) is 9.40. The quantitative estimate of drug-likeness (QED) is 0.843. The largest absolute Gasteiger partial charge is 0.363 e. The van der Waals surface area contributed by atoms with Gasteiger partial charge in [0.2, 0.25) is 0 Å². The summed E-state index contributed by atoms with van der Waals surface area (Å²) in [7, 11) is 0. The molecule has 1 aliphatic heterocycles. The number of likely N-dealkylation sites (tertiary alicyclic amines) is 1. The molecule has 23 heavy (non-hydrogen) atoms. The normalized spacial score (nSPS) is 18.4. The summed E-state index contributed by atoms with van der Waals surface area (Å²) < 4.78 is 0. The second-order valence-corrected chi connectivity index (χ2v) is 6.98. The maximum atomic E-state index is 5.53. The van der Waals surface area contributed by atoms with Crippen LogP contribution in [0.2, 0.25) is 0 Å². The van der Waals surface area contributed by atoms with Gasteiger partial charge in [0, 0.05) is 25.6 Å². The average Bonchev–Trinajstić information content (AvgIpc) is 2.96. The Morgan fingerprint density at radius 2 is 2.17 bits per heavy atom. The van der Waals surface area contributed by atoms with Crippen LogP contribution in [0.15, 0.2) is 12.1 Å². The van der Waals surface area contributed by atoms with Crippen molar-refractivity contribution < 1.29 is 0 Å². The number of hydrogen-bond donors (Lipinski definition) is 2. The zero-order valence-corrected chi connectivity index (χ0v) is 15.1. The van der Waals surface area contributed by atoms with E-state index in [0.29, 0.717) is 5.92 Å². The first kappa shape index (κ1) is 16.2. The van der Waals surface area contributed by atoms with Crippen molar-refractivity contribution in [2.75, 3.05) is 19.6 Å². The molecule has 1 aliphatic rings. The number of nitrogens with one attached hydrogen (secondary N) is 2. The monoisotopic (exact) mass is 330 g/mol. The minimum atomic E-state index is 0.429. The van der Waals surface area contributed by atoms with Crippen molar-refractivity contribution >= 4 is 28.4 Å². The average molecular weight is 331 g/mol. The molecule has 0 bridgehead atoms. The van der Waals surface area contributed by atoms with Crippen LogP contribution in [0.3, 0.4) is 0 Å². The van der Waals surface area contributed by atoms with Gasteiger partial charge in [0.25, 0.3) is 0 Å². The Morgan fingerprint density at radius 3 is 2.96 bits per heavy atom. The Kier molecular flexibility index (Phi) is 4.85. The molecule has 4 nitrogen and oxygen atoms in total. The summed E-state index contributed by atoms with van der Waals surface area (Å²) in [5.74, 6) is 1.53. The lowest BCUT2D eigenvalue weighted by Crippen LogP contribution is -2.45. The Labute approximate surface area is 143 Å². The number of H-pyrrole nitrogens is 1. The Hall–Kier alpha value is -1.62. The van der Waals surface area contributed by atoms with Gasteiger partial charge in [-0.3, -0.25) is 0 Å². The number of aromatic amines is 1. The van der Waals surface area contributed by atoms with Crippen molar-refractivity contribution in [2.45, 2.75) is 46.0 Å². The number of aryl methyl sites for hydroxylation is 2. The van der Waals surface area contributed by atoms with Gasteiger partial charge in [-0.15, -0.1) is 0 Å². The van der Waals surface area contributed by atoms with Gasteiger partial charge in [-0.1, -0.05) is 6.92 Å². The van der Waals surface area contributed by atoms with E-state index in [0.717, 1.165) is 54.4 Å². The molecule has 0 spiro atoms. The number of rotatable bonds is 3. The molecule has 0 radical (unpaired) electrons. The van der Waals surface area contributed by atoms with Crippen LogP contribution >= 0.6 is 12.2 Å². The molecular weight excluding hydrogens is 304 g/mol. The van der Waals surface area contributed by atoms with Crippen molar-refractivity contribution in [1.82, 2.24) is 20.2 Å². The lowest BCUT2D eigenvalue weighted by molar-refractivity contribution is 0.300. The molecule has 1 atom stereocenters. The van der Waals surface area contributed by atoms with Crippen LogP contribution in [0.5, 0.6) is 0 Å². The third kappa shape index (κ3) is 3.50. The summed E-state index contributed by atoms with van der Waals surface area (Å²) in [5.41, 5.74) is 4.83. The van der Waals surface area contributed by atoms with Crippen LogP contribution in [0.25, 0.3) is 11.0 Å². The zero-order valence-electron chi connectivity index (χ0n) is 14.3. The summed E-state index contributed by atoms with van der Waals surface area (Å²) in [6.07, 6.45) is 3.43. The fourth-order valence-electron chi connectivity index (χ4n) is 3.21. The number of imidazole rings is 1. The van der Waals surface area contributed by atoms with E-state index < -0.39 is 0 Å². The molecule has 0 amide bonds. The van der Waals surface area contributed by atoms with Gasteiger partial charge in [-0.2, -0.15) is 0 Å². The standard InChI is InChI=1S/C18H26N4S/c1-4-7-19-18(23)22-8-5-6-14(11-22)17-20-15-9-12(2)13(3)10-16(15)21-17/h9-10,14H,4-8,11H2,1-3H3,(H,19,23)(H,20,21). The maximum Gasteiger partial charge on any atom is 0.168 e. The topological polar surface area (TPSA) is 44.0 Å². The van der Waals surface area contributed by atoms with Gasteiger partial charge in [-0.05, 0) is 68.6 Å². The van der Waals surface area contributed by atoms with Gasteiger partial charge in [0.1, 0.15) is 5.82 Å². The van der Waals surface area contributed by atoms with E-state index in [-0.39, 0.29) is 0 Å². The fraction of sp³-hybridized carbons (Fsp3) is 0.556. The molecule has 1 unspecified atom stereocenters. The highest BCUT2D eigenvalue weighted by molar-refractivity contribution is 7.80. The second-order valence-electron chi connectivity index (χ2n) is 6.59. The fourth-order valence-corrected chi connectivity index (χ4v) is 3.48. The highest BCUT2D eigenvalue weighted by atomic mass is 32.1. The van der Waals surface area contributed by atoms with E-state index in [1.165, 1.54) is 17.5 Å². The molecule has 0 aliphatic carbocycles. The van der Waals surface area contributed by atoms with Crippen molar-refractivity contribution in [2.24, 2.45) is 0 Å². The molecule has 2 aromatic rings. The molecule has 0 saturated carbocycles. The second kappa shape index (κ2) is 6.87. The molecule has 124 valence electrons. The van der Waals surface area contributed by atoms with Crippen molar-refractivity contribution in [1.29, 1.82) is 0 Å². The minimum absolute atomic E-state index is 0.429. The van der Waals surface area contributed by atoms with Crippen LogP contribution in [-0.4, -0.2) is 39.6 Å². The molecule has 1 aromatic heterocycles. The number of piperidine rings is 1. The number of thiocarbonyl (C=S) groups is 1. The molecule has 2 N–H and O–H groups in total. The summed E-state index contributed by atoms with van der Waals surface area (Å²) >= 11 is 5.53. The Bertz CT molecular complexity index is 667. The van der Waals surface area contributed by atoms with Crippen LogP contribution < -0.4 is 5.32 Å². The predicted molar refractivity (Wildman–Crippen MR) is 100 cm³/mol. The van der Waals surface area contributed by atoms with E-state index in [4.69, 9.17) is 17.2 Å². The predicted octanol–water partition coefficient (Wildman–Crippen LogP) is 3.64. The Balaban J connectivity index is 1.77. The van der Waals surface area contributed by atoms with Crippen LogP contribution in [0.1, 0.15) is 49.1 Å². The van der Waals surface area contributed by atoms with E-state index in [9.17, 15) is 0 Å². The number of hydrogen-bond acceptors (Lipinski definition) is 2. The lowest BCUT2D eigenvalue weighted by atomic mass is 9.98. The van der Waals surface area contributed by atoms with Crippen LogP contribution in [0, 0.1) is 13.8 Å². The van der Waals surface area contributed by atoms with E-state index in [1.807, 2.05) is 0 Å². The first-order chi connectivity index (χ1) is 11.1. The molecular formula is C18H26N4S. The van der Waals surface area contributed by atoms with Crippen molar-refractivity contribution in [3.63, 3.8) is 0 Å². The van der Waals surface area contributed by atoms with Gasteiger partial charge < -0.3 is 15.2 Å². The molecule has 5 heteroatoms. The maximum absolute atomic E-state index is 5.53. The summed E-state index contributed by atoms with van der Waals surface area (Å²) in [6, 6.07) is 4.38. The number of aromatic nitrogens is 2. The minimum Gasteiger partial charge on any atom is -0.363 e. The number of nitrogens with zero attached hydrogens (tertiary/aromatic N) is 2. The van der Waals surface area contributed by atoms with E-state index in [1.54, 1.807) is 0 Å². The zero-order chi connectivity index (χ0) is 16.4. The first-order valence-electron chi connectivity index (χ1n) is 8.58. The van der Waals surface area contributed by atoms with Crippen molar-refractivity contribution in [3.05, 3.63) is 29.1 Å². The first-order valence-corrected chi connectivity index (χ1v) is 8.99. The smallest absolute Gasteiger partial charge is 0.168 e. The van der Waals surface area contributed by atoms with Gasteiger partial charge in [0.05, 0.1) is 11.0 Å². The van der Waals surface area contributed by atoms with E-state index in [2.05, 4.69) is 48.1 Å². The SMILES string of the molecule is CCCNC(=S)N1CCCC(c2nc3cc(C)c(C)cc3[nH]2)C1. The Morgan fingerprint density at radius 1 is 1.39 bits per heavy atom. The van der Waals surface area contributed by atoms with Gasteiger partial charge in [-0.25, -0.2) is 4.98 Å². The molecule has 1 saturated heterocycles. The van der Waals surface area contributed by atoms with Crippen LogP contribution in [0.4, 0.5) is 0 Å². The number of fused-ring (bicyclic) bond motifs is 1. The summed E-state index contributed by atoms with van der Waals surface area (Å²) in [4.78, 5) is 10.7. The third-order valence-corrected chi connectivity index (χ3v) is 5.14. The highest BCUT2D eigenvalue weighted by Gasteiger charge is 2.25. The highest BCUT2D eigenvalue weighted by Crippen LogP contribution is 2.27. The molecule has 1 aromatic carbocycles. The van der Waals surface area contributed by atoms with Gasteiger partial charge in [0.15, 0.2) is 5.11 Å². The molecule has 2 heterocycles. The van der Waals surface area contributed by atoms with Crippen LogP contribution in [-0.2, 0) is 0 Å². The van der Waals surface area contributed by atoms with E-state index >= 15 is 0 Å². The van der Waals surface area contributed by atoms with Crippen molar-refractivity contribution in [3.8, 4) is 0 Å².